The molecule has 114 valence electrons. The molecule has 0 N–H and O–H groups in total. The first kappa shape index (κ1) is 14.2. The lowest BCUT2D eigenvalue weighted by molar-refractivity contribution is -0.130. The maximum absolute atomic E-state index is 12.4. The molecule has 1 fully saturated rings. The average molecular weight is 300 g/mol. The van der Waals surface area contributed by atoms with E-state index in [9.17, 15) is 9.59 Å². The van der Waals surface area contributed by atoms with Crippen molar-refractivity contribution in [3.8, 4) is 5.69 Å². The Balaban J connectivity index is 1.67. The molecule has 3 rings (SSSR count). The number of nitrogens with zero attached hydrogens (tertiary/aromatic N) is 6. The van der Waals surface area contributed by atoms with Gasteiger partial charge in [0.1, 0.15) is 6.33 Å². The molecule has 0 bridgehead atoms. The summed E-state index contributed by atoms with van der Waals surface area (Å²) in [6.45, 7) is 3.85. The van der Waals surface area contributed by atoms with E-state index < -0.39 is 0 Å². The zero-order valence-electron chi connectivity index (χ0n) is 12.2. The predicted molar refractivity (Wildman–Crippen MR) is 77.3 cm³/mol. The van der Waals surface area contributed by atoms with Crippen LogP contribution in [0.5, 0.6) is 0 Å². The molecule has 0 aliphatic carbocycles. The van der Waals surface area contributed by atoms with Crippen LogP contribution in [-0.4, -0.2) is 68.0 Å². The molecule has 0 spiro atoms. The monoisotopic (exact) mass is 300 g/mol. The smallest absolute Gasteiger partial charge is 0.253 e. The molecule has 0 radical (unpaired) electrons. The van der Waals surface area contributed by atoms with Crippen LogP contribution in [0.25, 0.3) is 5.69 Å². The Morgan fingerprint density at radius 1 is 1.00 bits per heavy atom. The first-order valence-corrected chi connectivity index (χ1v) is 7.03. The van der Waals surface area contributed by atoms with Crippen LogP contribution >= 0.6 is 0 Å². The molecular weight excluding hydrogens is 284 g/mol. The number of carbonyl (C=O) groups is 2. The first-order chi connectivity index (χ1) is 10.6. The molecule has 22 heavy (non-hydrogen) atoms. The van der Waals surface area contributed by atoms with Crippen molar-refractivity contribution >= 4 is 11.8 Å². The normalized spacial score (nSPS) is 15.0. The van der Waals surface area contributed by atoms with Gasteiger partial charge in [-0.05, 0) is 34.7 Å². The van der Waals surface area contributed by atoms with E-state index >= 15 is 0 Å². The predicted octanol–water partition coefficient (Wildman–Crippen LogP) is -0.0334. The Morgan fingerprint density at radius 2 is 1.64 bits per heavy atom. The van der Waals surface area contributed by atoms with Crippen molar-refractivity contribution in [2.24, 2.45) is 0 Å². The fourth-order valence-electron chi connectivity index (χ4n) is 2.44. The van der Waals surface area contributed by atoms with Crippen molar-refractivity contribution in [2.75, 3.05) is 26.2 Å². The Morgan fingerprint density at radius 3 is 2.18 bits per heavy atom. The summed E-state index contributed by atoms with van der Waals surface area (Å²) in [5.41, 5.74) is 1.41. The topological polar surface area (TPSA) is 84.2 Å². The lowest BCUT2D eigenvalue weighted by Gasteiger charge is -2.34. The number of hydrogen-bond acceptors (Lipinski definition) is 5. The van der Waals surface area contributed by atoms with Crippen LogP contribution in [0, 0.1) is 0 Å². The van der Waals surface area contributed by atoms with Crippen LogP contribution < -0.4 is 0 Å². The van der Waals surface area contributed by atoms with Gasteiger partial charge in [0.15, 0.2) is 0 Å². The van der Waals surface area contributed by atoms with Gasteiger partial charge in [-0.15, -0.1) is 5.10 Å². The minimum atomic E-state index is -0.0218. The van der Waals surface area contributed by atoms with Crippen molar-refractivity contribution in [3.05, 3.63) is 36.2 Å². The highest BCUT2D eigenvalue weighted by atomic mass is 16.2. The Labute approximate surface area is 127 Å². The second-order valence-corrected chi connectivity index (χ2v) is 5.10. The van der Waals surface area contributed by atoms with Crippen molar-refractivity contribution in [1.29, 1.82) is 0 Å². The van der Waals surface area contributed by atoms with Crippen molar-refractivity contribution < 1.29 is 9.59 Å². The summed E-state index contributed by atoms with van der Waals surface area (Å²) in [4.78, 5) is 27.3. The Hall–Kier alpha value is -2.77. The van der Waals surface area contributed by atoms with Crippen molar-refractivity contribution in [1.82, 2.24) is 30.0 Å². The maximum atomic E-state index is 12.4. The van der Waals surface area contributed by atoms with Crippen LogP contribution in [0.2, 0.25) is 0 Å². The summed E-state index contributed by atoms with van der Waals surface area (Å²) in [7, 11) is 0. The molecular formula is C14H16N6O2. The summed E-state index contributed by atoms with van der Waals surface area (Å²) in [6.07, 6.45) is 1.50. The number of tetrazole rings is 1. The third-order valence-corrected chi connectivity index (χ3v) is 3.74. The molecule has 0 atom stereocenters. The second-order valence-electron chi connectivity index (χ2n) is 5.10. The molecule has 0 unspecified atom stereocenters. The summed E-state index contributed by atoms with van der Waals surface area (Å²) in [5.74, 6) is 0.0318. The zero-order chi connectivity index (χ0) is 15.5. The van der Waals surface area contributed by atoms with E-state index in [0.717, 1.165) is 5.69 Å². The number of piperazine rings is 1. The highest BCUT2D eigenvalue weighted by Crippen LogP contribution is 2.12. The van der Waals surface area contributed by atoms with Crippen LogP contribution in [-0.2, 0) is 4.79 Å². The van der Waals surface area contributed by atoms with Gasteiger partial charge in [-0.2, -0.15) is 0 Å². The minimum Gasteiger partial charge on any atom is -0.339 e. The van der Waals surface area contributed by atoms with E-state index in [1.54, 1.807) is 41.0 Å². The summed E-state index contributed by atoms with van der Waals surface area (Å²) in [6, 6.07) is 7.12. The summed E-state index contributed by atoms with van der Waals surface area (Å²) in [5, 5.41) is 11.0. The van der Waals surface area contributed by atoms with Gasteiger partial charge < -0.3 is 9.80 Å². The third kappa shape index (κ3) is 2.80. The second kappa shape index (κ2) is 5.92. The highest BCUT2D eigenvalue weighted by Gasteiger charge is 2.23. The summed E-state index contributed by atoms with van der Waals surface area (Å²) < 4.78 is 1.53. The first-order valence-electron chi connectivity index (χ1n) is 7.03. The molecule has 8 heteroatoms. The third-order valence-electron chi connectivity index (χ3n) is 3.74. The van der Waals surface area contributed by atoms with Gasteiger partial charge in [0.05, 0.1) is 5.69 Å². The van der Waals surface area contributed by atoms with E-state index in [0.29, 0.717) is 31.7 Å². The van der Waals surface area contributed by atoms with Gasteiger partial charge in [0, 0.05) is 38.7 Å². The highest BCUT2D eigenvalue weighted by molar-refractivity contribution is 5.94. The van der Waals surface area contributed by atoms with Crippen molar-refractivity contribution in [3.63, 3.8) is 0 Å². The Bertz CT molecular complexity index is 659. The van der Waals surface area contributed by atoms with Crippen LogP contribution in [0.15, 0.2) is 30.6 Å². The van der Waals surface area contributed by atoms with E-state index in [1.165, 1.54) is 11.0 Å². The number of benzene rings is 1. The lowest BCUT2D eigenvalue weighted by Crippen LogP contribution is -2.50. The summed E-state index contributed by atoms with van der Waals surface area (Å²) >= 11 is 0. The molecule has 2 heterocycles. The average Bonchev–Trinajstić information content (AvgIpc) is 3.09. The number of carbonyl (C=O) groups excluding carboxylic acids is 2. The SMILES string of the molecule is CC(=O)N1CCN(C(=O)c2ccc(-n3cnnn3)cc2)CC1. The maximum Gasteiger partial charge on any atom is 0.253 e. The molecule has 8 nitrogen and oxygen atoms in total. The quantitative estimate of drug-likeness (QED) is 0.777. The number of aromatic nitrogens is 4. The van der Waals surface area contributed by atoms with Crippen LogP contribution in [0.3, 0.4) is 0 Å². The van der Waals surface area contributed by atoms with Gasteiger partial charge >= 0.3 is 0 Å². The van der Waals surface area contributed by atoms with E-state index in [4.69, 9.17) is 0 Å². The standard InChI is InChI=1S/C14H16N6O2/c1-11(21)18-6-8-19(9-7-18)14(22)12-2-4-13(5-3-12)20-10-15-16-17-20/h2-5,10H,6-9H2,1H3. The van der Waals surface area contributed by atoms with E-state index in [-0.39, 0.29) is 11.8 Å². The van der Waals surface area contributed by atoms with Crippen LogP contribution in [0.1, 0.15) is 17.3 Å². The fourth-order valence-corrected chi connectivity index (χ4v) is 2.44. The minimum absolute atomic E-state index is 0.0218. The van der Waals surface area contributed by atoms with Gasteiger partial charge in [-0.1, -0.05) is 0 Å². The van der Waals surface area contributed by atoms with Gasteiger partial charge in [0.25, 0.3) is 5.91 Å². The number of amides is 2. The van der Waals surface area contributed by atoms with Gasteiger partial charge in [-0.25, -0.2) is 4.68 Å². The molecule has 2 aromatic rings. The van der Waals surface area contributed by atoms with Gasteiger partial charge in [-0.3, -0.25) is 9.59 Å². The van der Waals surface area contributed by atoms with E-state index in [2.05, 4.69) is 15.5 Å². The fraction of sp³-hybridized carbons (Fsp3) is 0.357. The van der Waals surface area contributed by atoms with E-state index in [1.807, 2.05) is 0 Å². The largest absolute Gasteiger partial charge is 0.339 e. The molecule has 2 amide bonds. The zero-order valence-corrected chi connectivity index (χ0v) is 12.2. The molecule has 0 saturated carbocycles. The molecule has 1 aliphatic rings. The lowest BCUT2D eigenvalue weighted by atomic mass is 10.1. The molecule has 1 saturated heterocycles. The van der Waals surface area contributed by atoms with Crippen LogP contribution in [0.4, 0.5) is 0 Å². The molecule has 1 aromatic carbocycles. The van der Waals surface area contributed by atoms with Crippen molar-refractivity contribution in [2.45, 2.75) is 6.92 Å². The van der Waals surface area contributed by atoms with Gasteiger partial charge in [0.2, 0.25) is 5.91 Å². The number of rotatable bonds is 2. The number of hydrogen-bond donors (Lipinski definition) is 0. The Kier molecular flexibility index (Phi) is 3.82. The molecule has 1 aliphatic heterocycles. The molecule has 1 aromatic heterocycles.